The highest BCUT2D eigenvalue weighted by Gasteiger charge is 2.23. The molecule has 0 aliphatic carbocycles. The van der Waals surface area contributed by atoms with Gasteiger partial charge in [0.1, 0.15) is 5.82 Å². The van der Waals surface area contributed by atoms with Crippen LogP contribution in [0.15, 0.2) is 48.5 Å². The Hall–Kier alpha value is -2.69. The van der Waals surface area contributed by atoms with Gasteiger partial charge in [-0.2, -0.15) is 0 Å². The number of rotatable bonds is 5. The molecule has 136 valence electrons. The lowest BCUT2D eigenvalue weighted by Crippen LogP contribution is -2.44. The number of halogens is 1. The van der Waals surface area contributed by atoms with Crippen molar-refractivity contribution in [1.29, 1.82) is 0 Å². The van der Waals surface area contributed by atoms with Crippen molar-refractivity contribution in [2.75, 3.05) is 19.6 Å². The second-order valence-corrected chi connectivity index (χ2v) is 6.65. The molecule has 0 spiro atoms. The van der Waals surface area contributed by atoms with Crippen LogP contribution in [-0.4, -0.2) is 41.2 Å². The number of amides is 2. The second kappa shape index (κ2) is 8.13. The minimum atomic E-state index is -0.280. The number of hydrogen-bond donors (Lipinski definition) is 0. The topological polar surface area (TPSA) is 40.6 Å². The Morgan fingerprint density at radius 3 is 2.46 bits per heavy atom. The van der Waals surface area contributed by atoms with E-state index in [0.717, 1.165) is 12.0 Å². The predicted octanol–water partition coefficient (Wildman–Crippen LogP) is 2.80. The smallest absolute Gasteiger partial charge is 0.242 e. The standard InChI is InChI=1S/C21H23FN2O2/c1-16(25)23(12-10-17-6-8-20(22)9-7-17)15-21(26)24-13-11-18-4-2-3-5-19(18)14-24/h2-9H,10-15H2,1H3. The molecule has 26 heavy (non-hydrogen) atoms. The van der Waals surface area contributed by atoms with Gasteiger partial charge >= 0.3 is 0 Å². The van der Waals surface area contributed by atoms with E-state index in [1.54, 1.807) is 17.0 Å². The first-order valence-corrected chi connectivity index (χ1v) is 8.87. The van der Waals surface area contributed by atoms with Crippen LogP contribution in [0.4, 0.5) is 4.39 Å². The van der Waals surface area contributed by atoms with Crippen LogP contribution < -0.4 is 0 Å². The number of hydrogen-bond acceptors (Lipinski definition) is 2. The van der Waals surface area contributed by atoms with E-state index in [9.17, 15) is 14.0 Å². The minimum absolute atomic E-state index is 0.0335. The van der Waals surface area contributed by atoms with E-state index in [0.29, 0.717) is 26.1 Å². The van der Waals surface area contributed by atoms with Crippen molar-refractivity contribution in [2.24, 2.45) is 0 Å². The van der Waals surface area contributed by atoms with Crippen LogP contribution in [0.1, 0.15) is 23.6 Å². The molecule has 2 aromatic rings. The van der Waals surface area contributed by atoms with Crippen LogP contribution in [-0.2, 0) is 29.0 Å². The fraction of sp³-hybridized carbons (Fsp3) is 0.333. The lowest BCUT2D eigenvalue weighted by Gasteiger charge is -2.31. The normalized spacial score (nSPS) is 13.2. The summed E-state index contributed by atoms with van der Waals surface area (Å²) in [5.74, 6) is -0.440. The summed E-state index contributed by atoms with van der Waals surface area (Å²) in [4.78, 5) is 28.0. The van der Waals surface area contributed by atoms with Crippen LogP contribution >= 0.6 is 0 Å². The van der Waals surface area contributed by atoms with Crippen molar-refractivity contribution in [3.8, 4) is 0 Å². The summed E-state index contributed by atoms with van der Waals surface area (Å²) < 4.78 is 13.0. The maximum Gasteiger partial charge on any atom is 0.242 e. The molecule has 1 aliphatic rings. The van der Waals surface area contributed by atoms with Crippen LogP contribution in [0.25, 0.3) is 0 Å². The van der Waals surface area contributed by atoms with Crippen molar-refractivity contribution in [1.82, 2.24) is 9.80 Å². The summed E-state index contributed by atoms with van der Waals surface area (Å²) in [6.45, 7) is 3.28. The van der Waals surface area contributed by atoms with E-state index in [1.165, 1.54) is 30.2 Å². The predicted molar refractivity (Wildman–Crippen MR) is 97.9 cm³/mol. The Labute approximate surface area is 153 Å². The third kappa shape index (κ3) is 4.48. The Kier molecular flexibility index (Phi) is 5.66. The summed E-state index contributed by atoms with van der Waals surface area (Å²) in [6, 6.07) is 14.4. The molecule has 5 heteroatoms. The lowest BCUT2D eigenvalue weighted by molar-refractivity contribution is -0.140. The fourth-order valence-electron chi connectivity index (χ4n) is 3.23. The van der Waals surface area contributed by atoms with Crippen LogP contribution in [0.3, 0.4) is 0 Å². The highest BCUT2D eigenvalue weighted by molar-refractivity contribution is 5.84. The summed E-state index contributed by atoms with van der Waals surface area (Å²) in [5.41, 5.74) is 3.40. The Balaban J connectivity index is 1.58. The molecule has 2 aromatic carbocycles. The molecule has 3 rings (SSSR count). The van der Waals surface area contributed by atoms with Crippen LogP contribution in [0.2, 0.25) is 0 Å². The van der Waals surface area contributed by atoms with Gasteiger partial charge in [-0.05, 0) is 41.7 Å². The van der Waals surface area contributed by atoms with Crippen molar-refractivity contribution in [3.05, 3.63) is 71.0 Å². The minimum Gasteiger partial charge on any atom is -0.336 e. The van der Waals surface area contributed by atoms with Gasteiger partial charge in [-0.3, -0.25) is 9.59 Å². The zero-order valence-corrected chi connectivity index (χ0v) is 15.0. The molecule has 0 fully saturated rings. The van der Waals surface area contributed by atoms with E-state index in [-0.39, 0.29) is 24.2 Å². The second-order valence-electron chi connectivity index (χ2n) is 6.65. The molecule has 0 saturated heterocycles. The maximum absolute atomic E-state index is 13.0. The molecule has 4 nitrogen and oxygen atoms in total. The summed E-state index contributed by atoms with van der Waals surface area (Å²) in [5, 5.41) is 0. The van der Waals surface area contributed by atoms with E-state index in [1.807, 2.05) is 23.1 Å². The average molecular weight is 354 g/mol. The third-order valence-electron chi connectivity index (χ3n) is 4.84. The Morgan fingerprint density at radius 1 is 1.08 bits per heavy atom. The first kappa shape index (κ1) is 18.1. The number of fused-ring (bicyclic) bond motifs is 1. The summed E-state index contributed by atoms with van der Waals surface area (Å²) in [6.07, 6.45) is 1.44. The van der Waals surface area contributed by atoms with Gasteiger partial charge in [0.2, 0.25) is 11.8 Å². The van der Waals surface area contributed by atoms with E-state index >= 15 is 0 Å². The van der Waals surface area contributed by atoms with Crippen molar-refractivity contribution in [2.45, 2.75) is 26.3 Å². The van der Waals surface area contributed by atoms with E-state index in [2.05, 4.69) is 6.07 Å². The van der Waals surface area contributed by atoms with Crippen molar-refractivity contribution < 1.29 is 14.0 Å². The third-order valence-corrected chi connectivity index (χ3v) is 4.84. The zero-order valence-electron chi connectivity index (χ0n) is 15.0. The highest BCUT2D eigenvalue weighted by Crippen LogP contribution is 2.18. The summed E-state index contributed by atoms with van der Waals surface area (Å²) in [7, 11) is 0. The van der Waals surface area contributed by atoms with E-state index in [4.69, 9.17) is 0 Å². The van der Waals surface area contributed by atoms with E-state index < -0.39 is 0 Å². The molecular formula is C21H23FN2O2. The van der Waals surface area contributed by atoms with Gasteiger partial charge in [-0.1, -0.05) is 36.4 Å². The van der Waals surface area contributed by atoms with Crippen LogP contribution in [0, 0.1) is 5.82 Å². The van der Waals surface area contributed by atoms with Gasteiger partial charge in [0.25, 0.3) is 0 Å². The van der Waals surface area contributed by atoms with Gasteiger partial charge < -0.3 is 9.80 Å². The molecule has 0 bridgehead atoms. The van der Waals surface area contributed by atoms with Gasteiger partial charge in [0.15, 0.2) is 0 Å². The molecular weight excluding hydrogens is 331 g/mol. The maximum atomic E-state index is 13.0. The van der Waals surface area contributed by atoms with Crippen molar-refractivity contribution >= 4 is 11.8 Å². The molecule has 2 amide bonds. The number of benzene rings is 2. The van der Waals surface area contributed by atoms with Crippen LogP contribution in [0.5, 0.6) is 0 Å². The van der Waals surface area contributed by atoms with Gasteiger partial charge in [-0.15, -0.1) is 0 Å². The highest BCUT2D eigenvalue weighted by atomic mass is 19.1. The molecule has 0 unspecified atom stereocenters. The van der Waals surface area contributed by atoms with Gasteiger partial charge in [-0.25, -0.2) is 4.39 Å². The summed E-state index contributed by atoms with van der Waals surface area (Å²) >= 11 is 0. The number of carbonyl (C=O) groups is 2. The first-order valence-electron chi connectivity index (χ1n) is 8.87. The Bertz CT molecular complexity index is 789. The van der Waals surface area contributed by atoms with Gasteiger partial charge in [0.05, 0.1) is 6.54 Å². The quantitative estimate of drug-likeness (QED) is 0.828. The monoisotopic (exact) mass is 354 g/mol. The molecule has 0 radical (unpaired) electrons. The lowest BCUT2D eigenvalue weighted by atomic mass is 10.00. The molecule has 1 heterocycles. The Morgan fingerprint density at radius 2 is 1.77 bits per heavy atom. The first-order chi connectivity index (χ1) is 12.5. The average Bonchev–Trinajstić information content (AvgIpc) is 2.65. The molecule has 0 saturated carbocycles. The zero-order chi connectivity index (χ0) is 18.5. The largest absolute Gasteiger partial charge is 0.336 e. The molecule has 1 aliphatic heterocycles. The molecule has 0 atom stereocenters. The SMILES string of the molecule is CC(=O)N(CCc1ccc(F)cc1)CC(=O)N1CCc2ccccc2C1. The van der Waals surface area contributed by atoms with Crippen molar-refractivity contribution in [3.63, 3.8) is 0 Å². The number of nitrogens with zero attached hydrogens (tertiary/aromatic N) is 2. The number of carbonyl (C=O) groups excluding carboxylic acids is 2. The molecule has 0 N–H and O–H groups in total. The fourth-order valence-corrected chi connectivity index (χ4v) is 3.23. The molecule has 0 aromatic heterocycles. The van der Waals surface area contributed by atoms with Gasteiger partial charge in [0, 0.05) is 26.6 Å².